The predicted octanol–water partition coefficient (Wildman–Crippen LogP) is 3.31. The quantitative estimate of drug-likeness (QED) is 0.312. The number of aryl methyl sites for hydroxylation is 2. The van der Waals surface area contributed by atoms with Crippen LogP contribution < -0.4 is 0 Å². The van der Waals surface area contributed by atoms with Crippen LogP contribution in [0, 0.1) is 13.8 Å². The summed E-state index contributed by atoms with van der Waals surface area (Å²) >= 11 is 0. The molecule has 2 rings (SSSR count). The van der Waals surface area contributed by atoms with Crippen molar-refractivity contribution in [2.75, 3.05) is 13.1 Å². The fraction of sp³-hybridized carbons (Fsp3) is 0.308. The summed E-state index contributed by atoms with van der Waals surface area (Å²) in [6, 6.07) is 8.48. The van der Waals surface area contributed by atoms with Crippen LogP contribution in [0.3, 0.4) is 0 Å². The summed E-state index contributed by atoms with van der Waals surface area (Å²) in [6.45, 7) is 13.6. The third-order valence-corrected chi connectivity index (χ3v) is 7.56. The maximum absolute atomic E-state index is 12.9. The van der Waals surface area contributed by atoms with Crippen molar-refractivity contribution >= 4 is 32.1 Å². The summed E-state index contributed by atoms with van der Waals surface area (Å²) in [5.74, 6) is -0.872. The second-order valence-corrected chi connectivity index (χ2v) is 12.0. The maximum atomic E-state index is 12.9. The van der Waals surface area contributed by atoms with Crippen LogP contribution in [0.4, 0.5) is 0 Å². The van der Waals surface area contributed by atoms with E-state index in [2.05, 4.69) is 13.2 Å². The Kier molecular flexibility index (Phi) is 9.78. The van der Waals surface area contributed by atoms with E-state index in [0.29, 0.717) is 16.7 Å². The number of rotatable bonds is 11. The van der Waals surface area contributed by atoms with Gasteiger partial charge in [0.1, 0.15) is 0 Å². The van der Waals surface area contributed by atoms with E-state index in [1.807, 2.05) is 0 Å². The highest BCUT2D eigenvalue weighted by molar-refractivity contribution is 7.86. The Labute approximate surface area is 223 Å². The van der Waals surface area contributed by atoms with E-state index in [-0.39, 0.29) is 52.7 Å². The van der Waals surface area contributed by atoms with E-state index in [4.69, 9.17) is 0 Å². The summed E-state index contributed by atoms with van der Waals surface area (Å²) in [5, 5.41) is 0. The minimum absolute atomic E-state index is 0.00828. The molecule has 2 aromatic rings. The summed E-state index contributed by atoms with van der Waals surface area (Å²) in [4.78, 5) is 28.0. The second kappa shape index (κ2) is 12.0. The average Bonchev–Trinajstić information content (AvgIpc) is 2.80. The molecule has 0 heterocycles. The maximum Gasteiger partial charge on any atom is 0.294 e. The molecule has 0 saturated heterocycles. The molecule has 12 heteroatoms. The van der Waals surface area contributed by atoms with Gasteiger partial charge in [0.2, 0.25) is 11.8 Å². The van der Waals surface area contributed by atoms with Crippen molar-refractivity contribution < 1.29 is 35.5 Å². The molecule has 2 N–H and O–H groups in total. The summed E-state index contributed by atoms with van der Waals surface area (Å²) in [6.07, 6.45) is 0. The van der Waals surface area contributed by atoms with Gasteiger partial charge in [-0.2, -0.15) is 16.8 Å². The molecule has 0 unspecified atom stereocenters. The van der Waals surface area contributed by atoms with E-state index >= 15 is 0 Å². The number of hydrogen-bond donors (Lipinski definition) is 2. The fourth-order valence-corrected chi connectivity index (χ4v) is 5.10. The van der Waals surface area contributed by atoms with E-state index in [9.17, 15) is 35.5 Å². The van der Waals surface area contributed by atoms with Gasteiger partial charge < -0.3 is 9.80 Å². The molecule has 38 heavy (non-hydrogen) atoms. The predicted molar refractivity (Wildman–Crippen MR) is 142 cm³/mol. The lowest BCUT2D eigenvalue weighted by molar-refractivity contribution is -0.131. The molecular weight excluding hydrogens is 532 g/mol. The van der Waals surface area contributed by atoms with Crippen LogP contribution in [0.1, 0.15) is 36.1 Å². The highest BCUT2D eigenvalue weighted by Gasteiger charge is 2.23. The summed E-state index contributed by atoms with van der Waals surface area (Å²) in [7, 11) is -8.95. The van der Waals surface area contributed by atoms with E-state index in [0.717, 1.165) is 0 Å². The molecule has 0 atom stereocenters. The zero-order chi connectivity index (χ0) is 29.0. The molecule has 0 aliphatic carbocycles. The topological polar surface area (TPSA) is 149 Å². The van der Waals surface area contributed by atoms with Gasteiger partial charge in [0.25, 0.3) is 20.2 Å². The number of nitrogens with zero attached hydrogens (tertiary/aromatic N) is 2. The number of carbonyl (C=O) groups excluding carboxylic acids is 2. The second-order valence-electron chi connectivity index (χ2n) is 9.16. The number of hydrogen-bond acceptors (Lipinski definition) is 6. The molecular formula is C26H32N2O8S2. The Balaban J connectivity index is 2.40. The standard InChI is InChI=1S/C26H32N2O8S2/c1-17(2)25(29)27(15-21-9-10-23(14-20(21)6)37(31,32)33)11-12-28(26(30)18(3)4)16-22-8-7-19(5)13-24(22)38(34,35)36/h7-10,13-14H,1,3,11-12,15-16H2,2,4-6H3,(H,31,32,33)(H,34,35,36). The van der Waals surface area contributed by atoms with Gasteiger partial charge in [-0.05, 0) is 68.1 Å². The van der Waals surface area contributed by atoms with E-state index in [1.165, 1.54) is 54.0 Å². The number of carbonyl (C=O) groups is 2. The van der Waals surface area contributed by atoms with Crippen LogP contribution in [0.25, 0.3) is 0 Å². The molecule has 2 aromatic carbocycles. The molecule has 0 aliphatic heterocycles. The van der Waals surface area contributed by atoms with Crippen LogP contribution in [0.15, 0.2) is 70.5 Å². The SMILES string of the molecule is C=C(C)C(=O)N(CCN(Cc1ccc(C)cc1S(=O)(=O)O)C(=O)C(=C)C)Cc1ccc(S(=O)(=O)O)cc1C. The van der Waals surface area contributed by atoms with Gasteiger partial charge in [-0.25, -0.2) is 0 Å². The monoisotopic (exact) mass is 564 g/mol. The first-order chi connectivity index (χ1) is 17.4. The van der Waals surface area contributed by atoms with Crippen molar-refractivity contribution in [3.63, 3.8) is 0 Å². The van der Waals surface area contributed by atoms with Crippen molar-refractivity contribution in [3.05, 3.63) is 83.0 Å². The van der Waals surface area contributed by atoms with Crippen LogP contribution in [0.5, 0.6) is 0 Å². The molecule has 0 aromatic heterocycles. The Morgan fingerprint density at radius 3 is 1.66 bits per heavy atom. The largest absolute Gasteiger partial charge is 0.333 e. The molecule has 0 spiro atoms. The molecule has 0 saturated carbocycles. The molecule has 0 fully saturated rings. The van der Waals surface area contributed by atoms with Crippen LogP contribution in [-0.2, 0) is 42.9 Å². The first kappa shape index (κ1) is 30.9. The number of amides is 2. The Bertz CT molecular complexity index is 1500. The average molecular weight is 565 g/mol. The van der Waals surface area contributed by atoms with Crippen LogP contribution >= 0.6 is 0 Å². The summed E-state index contributed by atoms with van der Waals surface area (Å²) < 4.78 is 65.8. The Morgan fingerprint density at radius 1 is 0.763 bits per heavy atom. The van der Waals surface area contributed by atoms with Gasteiger partial charge in [0, 0.05) is 37.3 Å². The Hall–Kier alpha value is -3.32. The zero-order valence-corrected chi connectivity index (χ0v) is 23.4. The van der Waals surface area contributed by atoms with Crippen molar-refractivity contribution in [3.8, 4) is 0 Å². The van der Waals surface area contributed by atoms with Crippen molar-refractivity contribution in [2.45, 2.75) is 50.6 Å². The minimum atomic E-state index is -4.56. The molecule has 0 bridgehead atoms. The highest BCUT2D eigenvalue weighted by Crippen LogP contribution is 2.21. The summed E-state index contributed by atoms with van der Waals surface area (Å²) in [5.41, 5.74) is 2.36. The minimum Gasteiger partial charge on any atom is -0.333 e. The van der Waals surface area contributed by atoms with Crippen molar-refractivity contribution in [1.82, 2.24) is 9.80 Å². The highest BCUT2D eigenvalue weighted by atomic mass is 32.2. The van der Waals surface area contributed by atoms with Gasteiger partial charge in [0.15, 0.2) is 0 Å². The third-order valence-electron chi connectivity index (χ3n) is 5.78. The van der Waals surface area contributed by atoms with E-state index < -0.39 is 32.1 Å². The lowest BCUT2D eigenvalue weighted by Crippen LogP contribution is -2.41. The molecule has 0 radical (unpaired) electrons. The first-order valence-electron chi connectivity index (χ1n) is 11.5. The van der Waals surface area contributed by atoms with E-state index in [1.54, 1.807) is 19.9 Å². The van der Waals surface area contributed by atoms with Crippen LogP contribution in [-0.4, -0.2) is 60.6 Å². The smallest absolute Gasteiger partial charge is 0.294 e. The molecule has 2 amide bonds. The van der Waals surface area contributed by atoms with Gasteiger partial charge in [-0.15, -0.1) is 0 Å². The van der Waals surface area contributed by atoms with Gasteiger partial charge in [-0.3, -0.25) is 18.7 Å². The van der Waals surface area contributed by atoms with Gasteiger partial charge >= 0.3 is 0 Å². The van der Waals surface area contributed by atoms with Gasteiger partial charge in [0.05, 0.1) is 9.79 Å². The normalized spacial score (nSPS) is 11.6. The molecule has 10 nitrogen and oxygen atoms in total. The van der Waals surface area contributed by atoms with Crippen LogP contribution in [0.2, 0.25) is 0 Å². The molecule has 206 valence electrons. The number of benzene rings is 2. The van der Waals surface area contributed by atoms with Gasteiger partial charge in [-0.1, -0.05) is 31.4 Å². The third kappa shape index (κ3) is 8.09. The molecule has 0 aliphatic rings. The Morgan fingerprint density at radius 2 is 1.24 bits per heavy atom. The lowest BCUT2D eigenvalue weighted by atomic mass is 10.1. The van der Waals surface area contributed by atoms with Crippen molar-refractivity contribution in [2.24, 2.45) is 0 Å². The lowest BCUT2D eigenvalue weighted by Gasteiger charge is -2.29. The fourth-order valence-electron chi connectivity index (χ4n) is 3.74. The first-order valence-corrected chi connectivity index (χ1v) is 14.3. The van der Waals surface area contributed by atoms with Crippen molar-refractivity contribution in [1.29, 1.82) is 0 Å². The zero-order valence-electron chi connectivity index (χ0n) is 21.8.